The topological polar surface area (TPSA) is 94.2 Å². The third kappa shape index (κ3) is 8.57. The van der Waals surface area contributed by atoms with Gasteiger partial charge in [0.25, 0.3) is 0 Å². The Balaban J connectivity index is 1.58. The fourth-order valence-electron chi connectivity index (χ4n) is 3.88. The first-order valence-corrected chi connectivity index (χ1v) is 13.4. The molecule has 36 heavy (non-hydrogen) atoms. The van der Waals surface area contributed by atoms with Gasteiger partial charge in [-0.05, 0) is 37.8 Å². The van der Waals surface area contributed by atoms with Crippen LogP contribution in [0.3, 0.4) is 0 Å². The van der Waals surface area contributed by atoms with E-state index in [0.717, 1.165) is 16.9 Å². The van der Waals surface area contributed by atoms with Crippen LogP contribution in [0, 0.1) is 0 Å². The fraction of sp³-hybridized carbons (Fsp3) is 0.444. The number of carbonyl (C=O) groups excluding carboxylic acids is 3. The lowest BCUT2D eigenvalue weighted by atomic mass is 10.0. The SMILES string of the molecule is CCOC(=O)C(CCc1ccccc1)N[C@@H](C)C(=O)N1CCSCC1OC(=O)OCc1ccccc1. The van der Waals surface area contributed by atoms with Gasteiger partial charge in [-0.25, -0.2) is 4.79 Å². The highest BCUT2D eigenvalue weighted by Gasteiger charge is 2.34. The molecule has 1 N–H and O–H groups in total. The van der Waals surface area contributed by atoms with E-state index in [4.69, 9.17) is 14.2 Å². The van der Waals surface area contributed by atoms with E-state index in [9.17, 15) is 14.4 Å². The van der Waals surface area contributed by atoms with Crippen LogP contribution in [0.2, 0.25) is 0 Å². The summed E-state index contributed by atoms with van der Waals surface area (Å²) >= 11 is 1.60. The highest BCUT2D eigenvalue weighted by molar-refractivity contribution is 7.99. The van der Waals surface area contributed by atoms with Crippen LogP contribution in [0.25, 0.3) is 0 Å². The van der Waals surface area contributed by atoms with Gasteiger partial charge in [0.05, 0.1) is 18.4 Å². The average Bonchev–Trinajstić information content (AvgIpc) is 2.91. The number of benzene rings is 2. The number of nitrogens with zero attached hydrogens (tertiary/aromatic N) is 1. The van der Waals surface area contributed by atoms with Gasteiger partial charge in [-0.1, -0.05) is 60.7 Å². The molecule has 1 saturated heterocycles. The molecule has 9 heteroatoms. The third-order valence-electron chi connectivity index (χ3n) is 5.76. The molecule has 1 aliphatic heterocycles. The van der Waals surface area contributed by atoms with Gasteiger partial charge in [-0.3, -0.25) is 14.9 Å². The summed E-state index contributed by atoms with van der Waals surface area (Å²) in [6, 6.07) is 17.8. The maximum atomic E-state index is 13.3. The molecule has 0 aromatic heterocycles. The van der Waals surface area contributed by atoms with Gasteiger partial charge in [0.15, 0.2) is 6.23 Å². The summed E-state index contributed by atoms with van der Waals surface area (Å²) in [7, 11) is 0. The summed E-state index contributed by atoms with van der Waals surface area (Å²) in [5, 5.41) is 3.15. The van der Waals surface area contributed by atoms with E-state index >= 15 is 0 Å². The molecule has 0 aliphatic carbocycles. The van der Waals surface area contributed by atoms with Crippen LogP contribution in [0.15, 0.2) is 60.7 Å². The van der Waals surface area contributed by atoms with Gasteiger partial charge < -0.3 is 19.1 Å². The van der Waals surface area contributed by atoms with E-state index in [0.29, 0.717) is 25.1 Å². The molecule has 2 unspecified atom stereocenters. The minimum atomic E-state index is -0.822. The van der Waals surface area contributed by atoms with Crippen LogP contribution in [-0.4, -0.2) is 65.9 Å². The first-order valence-electron chi connectivity index (χ1n) is 12.2. The van der Waals surface area contributed by atoms with E-state index in [1.165, 1.54) is 4.90 Å². The molecule has 0 radical (unpaired) electrons. The van der Waals surface area contributed by atoms with Crippen LogP contribution >= 0.6 is 11.8 Å². The molecule has 2 aromatic carbocycles. The second-order valence-corrected chi connectivity index (χ2v) is 9.57. The van der Waals surface area contributed by atoms with Crippen molar-refractivity contribution in [1.29, 1.82) is 0 Å². The molecule has 0 bridgehead atoms. The highest BCUT2D eigenvalue weighted by Crippen LogP contribution is 2.20. The summed E-state index contributed by atoms with van der Waals surface area (Å²) in [5.74, 6) is 0.547. The van der Waals surface area contributed by atoms with Gasteiger partial charge in [-0.15, -0.1) is 0 Å². The number of ether oxygens (including phenoxy) is 3. The maximum absolute atomic E-state index is 13.3. The molecule has 0 spiro atoms. The zero-order chi connectivity index (χ0) is 25.8. The molecule has 3 atom stereocenters. The Morgan fingerprint density at radius 3 is 2.36 bits per heavy atom. The summed E-state index contributed by atoms with van der Waals surface area (Å²) in [6.07, 6.45) is -0.411. The Labute approximate surface area is 216 Å². The molecular formula is C27H34N2O6S. The number of nitrogens with one attached hydrogen (secondary N) is 1. The number of hydrogen-bond acceptors (Lipinski definition) is 8. The molecule has 1 fully saturated rings. The lowest BCUT2D eigenvalue weighted by Gasteiger charge is -2.36. The maximum Gasteiger partial charge on any atom is 0.510 e. The minimum absolute atomic E-state index is 0.0913. The highest BCUT2D eigenvalue weighted by atomic mass is 32.2. The van der Waals surface area contributed by atoms with E-state index < -0.39 is 24.5 Å². The summed E-state index contributed by atoms with van der Waals surface area (Å²) in [4.78, 5) is 39.8. The van der Waals surface area contributed by atoms with Crippen molar-refractivity contribution in [3.8, 4) is 0 Å². The largest absolute Gasteiger partial charge is 0.510 e. The second-order valence-electron chi connectivity index (χ2n) is 8.42. The van der Waals surface area contributed by atoms with Gasteiger partial charge in [0.1, 0.15) is 12.6 Å². The van der Waals surface area contributed by atoms with Crippen molar-refractivity contribution in [2.75, 3.05) is 24.7 Å². The minimum Gasteiger partial charge on any atom is -0.465 e. The van der Waals surface area contributed by atoms with Crippen molar-refractivity contribution in [2.24, 2.45) is 0 Å². The Hall–Kier alpha value is -3.04. The number of amides is 1. The van der Waals surface area contributed by atoms with E-state index in [1.807, 2.05) is 60.7 Å². The quantitative estimate of drug-likeness (QED) is 0.453. The second kappa shape index (κ2) is 14.5. The molecule has 1 aliphatic rings. The molecule has 1 heterocycles. The zero-order valence-electron chi connectivity index (χ0n) is 20.8. The lowest BCUT2D eigenvalue weighted by Crippen LogP contribution is -2.56. The zero-order valence-corrected chi connectivity index (χ0v) is 21.6. The Morgan fingerprint density at radius 2 is 1.69 bits per heavy atom. The van der Waals surface area contributed by atoms with Gasteiger partial charge in [0.2, 0.25) is 5.91 Å². The molecule has 3 rings (SSSR count). The molecule has 8 nitrogen and oxygen atoms in total. The summed E-state index contributed by atoms with van der Waals surface area (Å²) in [5.41, 5.74) is 1.95. The first kappa shape index (κ1) is 27.5. The van der Waals surface area contributed by atoms with Crippen molar-refractivity contribution in [3.05, 3.63) is 71.8 Å². The normalized spacial score (nSPS) is 17.1. The Kier molecular flexibility index (Phi) is 11.1. The van der Waals surface area contributed by atoms with Crippen LogP contribution in [0.4, 0.5) is 4.79 Å². The Bertz CT molecular complexity index is 975. The first-order chi connectivity index (χ1) is 17.5. The number of aryl methyl sites for hydroxylation is 1. The van der Waals surface area contributed by atoms with Crippen LogP contribution in [0.5, 0.6) is 0 Å². The van der Waals surface area contributed by atoms with Crippen molar-refractivity contribution in [1.82, 2.24) is 10.2 Å². The van der Waals surface area contributed by atoms with Crippen LogP contribution < -0.4 is 5.32 Å². The van der Waals surface area contributed by atoms with Gasteiger partial charge >= 0.3 is 12.1 Å². The number of esters is 1. The molecule has 1 amide bonds. The molecular weight excluding hydrogens is 480 g/mol. The van der Waals surface area contributed by atoms with Crippen LogP contribution in [0.1, 0.15) is 31.4 Å². The number of carbonyl (C=O) groups is 3. The van der Waals surface area contributed by atoms with E-state index in [-0.39, 0.29) is 25.1 Å². The van der Waals surface area contributed by atoms with Crippen molar-refractivity contribution < 1.29 is 28.6 Å². The molecule has 2 aromatic rings. The van der Waals surface area contributed by atoms with Crippen molar-refractivity contribution >= 4 is 29.8 Å². The Morgan fingerprint density at radius 1 is 1.03 bits per heavy atom. The van der Waals surface area contributed by atoms with Gasteiger partial charge in [0, 0.05) is 12.3 Å². The van der Waals surface area contributed by atoms with Crippen LogP contribution in [-0.2, 0) is 36.8 Å². The number of thioether (sulfide) groups is 1. The third-order valence-corrected chi connectivity index (χ3v) is 6.75. The lowest BCUT2D eigenvalue weighted by molar-refractivity contribution is -0.147. The summed E-state index contributed by atoms with van der Waals surface area (Å²) in [6.45, 7) is 4.25. The standard InChI is InChI=1S/C27H34N2O6S/c1-3-33-26(31)23(15-14-21-10-6-4-7-11-21)28-20(2)25(30)29-16-17-36-19-24(29)35-27(32)34-18-22-12-8-5-9-13-22/h4-13,20,23-24,28H,3,14-19H2,1-2H3/t20-,23?,24?/m0/s1. The smallest absolute Gasteiger partial charge is 0.465 e. The monoisotopic (exact) mass is 514 g/mol. The van der Waals surface area contributed by atoms with Crippen molar-refractivity contribution in [2.45, 2.75) is 51.6 Å². The van der Waals surface area contributed by atoms with Gasteiger partial charge in [-0.2, -0.15) is 11.8 Å². The summed E-state index contributed by atoms with van der Waals surface area (Å²) < 4.78 is 16.0. The number of hydrogen-bond donors (Lipinski definition) is 1. The predicted molar refractivity (Wildman–Crippen MR) is 138 cm³/mol. The van der Waals surface area contributed by atoms with E-state index in [1.54, 1.807) is 25.6 Å². The van der Waals surface area contributed by atoms with Crippen molar-refractivity contribution in [3.63, 3.8) is 0 Å². The van der Waals surface area contributed by atoms with E-state index in [2.05, 4.69) is 5.32 Å². The molecule has 0 saturated carbocycles. The average molecular weight is 515 g/mol. The number of rotatable bonds is 11. The predicted octanol–water partition coefficient (Wildman–Crippen LogP) is 3.78. The fourth-order valence-corrected chi connectivity index (χ4v) is 4.82. The molecule has 194 valence electrons.